The summed E-state index contributed by atoms with van der Waals surface area (Å²) in [6, 6.07) is 2.37. The average Bonchev–Trinajstić information content (AvgIpc) is 2.28. The Morgan fingerprint density at radius 2 is 2.22 bits per heavy atom. The van der Waals surface area contributed by atoms with Crippen molar-refractivity contribution in [3.63, 3.8) is 0 Å². The zero-order valence-corrected chi connectivity index (χ0v) is 12.2. The van der Waals surface area contributed by atoms with Crippen molar-refractivity contribution in [2.24, 2.45) is 0 Å². The molecule has 18 heavy (non-hydrogen) atoms. The number of aliphatic hydroxyl groups excluding tert-OH is 1. The topological polar surface area (TPSA) is 66.6 Å². The minimum Gasteiger partial charge on any atom is -0.393 e. The van der Waals surface area contributed by atoms with Crippen LogP contribution < -0.4 is 4.90 Å². The van der Waals surface area contributed by atoms with Crippen molar-refractivity contribution in [3.05, 3.63) is 31.6 Å². The first-order chi connectivity index (χ1) is 8.32. The molecule has 1 N–H and O–H groups in total. The number of benzene rings is 1. The van der Waals surface area contributed by atoms with Crippen LogP contribution in [-0.2, 0) is 0 Å². The molecule has 0 aliphatic carbocycles. The van der Waals surface area contributed by atoms with Crippen molar-refractivity contribution in [2.75, 3.05) is 18.5 Å². The lowest BCUT2D eigenvalue weighted by Gasteiger charge is -2.20. The Bertz CT molecular complexity index is 454. The molecule has 0 heterocycles. The molecule has 0 aliphatic heterocycles. The summed E-state index contributed by atoms with van der Waals surface area (Å²) < 4.78 is 13.7. The third kappa shape index (κ3) is 3.77. The van der Waals surface area contributed by atoms with E-state index >= 15 is 0 Å². The summed E-state index contributed by atoms with van der Waals surface area (Å²) in [5.41, 5.74) is 0.0902. The molecule has 0 aromatic heterocycles. The van der Waals surface area contributed by atoms with Gasteiger partial charge in [-0.15, -0.1) is 0 Å². The summed E-state index contributed by atoms with van der Waals surface area (Å²) in [7, 11) is 1.64. The van der Waals surface area contributed by atoms with Crippen LogP contribution in [0.25, 0.3) is 0 Å². The molecule has 1 unspecified atom stereocenters. The summed E-state index contributed by atoms with van der Waals surface area (Å²) in [4.78, 5) is 12.0. The molecule has 0 saturated carbocycles. The summed E-state index contributed by atoms with van der Waals surface area (Å²) >= 11 is 1.72. The van der Waals surface area contributed by atoms with E-state index in [2.05, 4.69) is 0 Å². The van der Waals surface area contributed by atoms with Gasteiger partial charge >= 0.3 is 0 Å². The number of nitro groups is 1. The molecule has 0 spiro atoms. The number of hydrogen-bond acceptors (Lipinski definition) is 4. The van der Waals surface area contributed by atoms with Gasteiger partial charge in [-0.05, 0) is 35.9 Å². The second-order valence-corrected chi connectivity index (χ2v) is 5.23. The molecule has 0 saturated heterocycles. The SMILES string of the molecule is CC(O)CCN(C)c1cc(F)c(I)cc1[N+](=O)[O-]. The first-order valence-corrected chi connectivity index (χ1v) is 6.43. The normalized spacial score (nSPS) is 12.3. The highest BCUT2D eigenvalue weighted by Gasteiger charge is 2.20. The van der Waals surface area contributed by atoms with Gasteiger partial charge in [0.05, 0.1) is 14.6 Å². The molecule has 0 amide bonds. The van der Waals surface area contributed by atoms with Gasteiger partial charge in [-0.1, -0.05) is 0 Å². The fourth-order valence-corrected chi connectivity index (χ4v) is 1.93. The van der Waals surface area contributed by atoms with Crippen LogP contribution in [0.15, 0.2) is 12.1 Å². The van der Waals surface area contributed by atoms with Crippen LogP contribution in [-0.4, -0.2) is 29.7 Å². The van der Waals surface area contributed by atoms with Crippen molar-refractivity contribution in [1.29, 1.82) is 0 Å². The van der Waals surface area contributed by atoms with Crippen molar-refractivity contribution in [3.8, 4) is 0 Å². The van der Waals surface area contributed by atoms with Gasteiger partial charge in [-0.2, -0.15) is 0 Å². The molecule has 1 aromatic rings. The van der Waals surface area contributed by atoms with Crippen molar-refractivity contribution in [2.45, 2.75) is 19.4 Å². The van der Waals surface area contributed by atoms with Gasteiger partial charge < -0.3 is 10.0 Å². The Labute approximate surface area is 118 Å². The molecule has 0 bridgehead atoms. The minimum atomic E-state index is -0.532. The molecule has 100 valence electrons. The molecular formula is C11H14FIN2O3. The van der Waals surface area contributed by atoms with Crippen LogP contribution in [0.5, 0.6) is 0 Å². The molecule has 5 nitrogen and oxygen atoms in total. The first kappa shape index (κ1) is 15.1. The van der Waals surface area contributed by atoms with Crippen molar-refractivity contribution in [1.82, 2.24) is 0 Å². The number of anilines is 1. The predicted octanol–water partition coefficient (Wildman–Crippen LogP) is 2.55. The van der Waals surface area contributed by atoms with Gasteiger partial charge in [0.2, 0.25) is 0 Å². The second kappa shape index (κ2) is 6.28. The van der Waals surface area contributed by atoms with Gasteiger partial charge in [0.15, 0.2) is 0 Å². The zero-order chi connectivity index (χ0) is 13.9. The lowest BCUT2D eigenvalue weighted by Crippen LogP contribution is -2.23. The number of rotatable bonds is 5. The molecule has 1 rings (SSSR count). The van der Waals surface area contributed by atoms with Gasteiger partial charge in [0, 0.05) is 25.7 Å². The second-order valence-electron chi connectivity index (χ2n) is 4.07. The molecular weight excluding hydrogens is 354 g/mol. The van der Waals surface area contributed by atoms with Gasteiger partial charge in [-0.25, -0.2) is 4.39 Å². The van der Waals surface area contributed by atoms with Crippen LogP contribution in [0.3, 0.4) is 0 Å². The maximum Gasteiger partial charge on any atom is 0.293 e. The largest absolute Gasteiger partial charge is 0.393 e. The smallest absolute Gasteiger partial charge is 0.293 e. The van der Waals surface area contributed by atoms with E-state index < -0.39 is 16.8 Å². The Morgan fingerprint density at radius 1 is 1.61 bits per heavy atom. The lowest BCUT2D eigenvalue weighted by atomic mass is 10.2. The highest BCUT2D eigenvalue weighted by Crippen LogP contribution is 2.31. The maximum absolute atomic E-state index is 13.5. The van der Waals surface area contributed by atoms with Crippen molar-refractivity contribution < 1.29 is 14.4 Å². The highest BCUT2D eigenvalue weighted by molar-refractivity contribution is 14.1. The Hall–Kier alpha value is -0.960. The minimum absolute atomic E-state index is 0.131. The highest BCUT2D eigenvalue weighted by atomic mass is 127. The molecule has 0 fully saturated rings. The Balaban J connectivity index is 3.05. The monoisotopic (exact) mass is 368 g/mol. The fourth-order valence-electron chi connectivity index (χ4n) is 1.48. The Kier molecular flexibility index (Phi) is 5.27. The summed E-state index contributed by atoms with van der Waals surface area (Å²) in [5.74, 6) is -0.486. The van der Waals surface area contributed by atoms with Crippen LogP contribution in [0.1, 0.15) is 13.3 Å². The van der Waals surface area contributed by atoms with Crippen LogP contribution in [0, 0.1) is 19.5 Å². The fraction of sp³-hybridized carbons (Fsp3) is 0.455. The van der Waals surface area contributed by atoms with Gasteiger partial charge in [-0.3, -0.25) is 10.1 Å². The third-order valence-corrected chi connectivity index (χ3v) is 3.33. The van der Waals surface area contributed by atoms with Crippen LogP contribution >= 0.6 is 22.6 Å². The van der Waals surface area contributed by atoms with E-state index in [0.29, 0.717) is 13.0 Å². The number of nitro benzene ring substituents is 1. The van der Waals surface area contributed by atoms with E-state index in [1.807, 2.05) is 0 Å². The number of halogens is 2. The standard InChI is InChI=1S/C11H14FIN2O3/c1-7(16)3-4-14(2)10-5-8(12)9(13)6-11(10)15(17)18/h5-7,16H,3-4H2,1-2H3. The average molecular weight is 368 g/mol. The van der Waals surface area contributed by atoms with E-state index in [1.165, 1.54) is 6.07 Å². The quantitative estimate of drug-likeness (QED) is 0.493. The van der Waals surface area contributed by atoms with E-state index in [9.17, 15) is 19.6 Å². The van der Waals surface area contributed by atoms with Gasteiger partial charge in [0.25, 0.3) is 5.69 Å². The predicted molar refractivity (Wildman–Crippen MR) is 75.3 cm³/mol. The van der Waals surface area contributed by atoms with Crippen molar-refractivity contribution >= 4 is 34.0 Å². The third-order valence-electron chi connectivity index (χ3n) is 2.51. The van der Waals surface area contributed by atoms with E-state index in [1.54, 1.807) is 41.5 Å². The molecule has 0 aliphatic rings. The van der Waals surface area contributed by atoms with E-state index in [0.717, 1.165) is 6.07 Å². The summed E-state index contributed by atoms with van der Waals surface area (Å²) in [6.45, 7) is 2.05. The lowest BCUT2D eigenvalue weighted by molar-refractivity contribution is -0.384. The Morgan fingerprint density at radius 3 is 2.72 bits per heavy atom. The molecule has 7 heteroatoms. The molecule has 1 atom stereocenters. The van der Waals surface area contributed by atoms with Crippen LogP contribution in [0.2, 0.25) is 0 Å². The van der Waals surface area contributed by atoms with E-state index in [4.69, 9.17) is 0 Å². The maximum atomic E-state index is 13.5. The number of nitrogens with zero attached hydrogens (tertiary/aromatic N) is 2. The van der Waals surface area contributed by atoms with E-state index in [-0.39, 0.29) is 14.9 Å². The summed E-state index contributed by atoms with van der Waals surface area (Å²) in [5, 5.41) is 20.1. The first-order valence-electron chi connectivity index (χ1n) is 5.35. The zero-order valence-electron chi connectivity index (χ0n) is 10.1. The number of aliphatic hydroxyl groups is 1. The van der Waals surface area contributed by atoms with Crippen LogP contribution in [0.4, 0.5) is 15.8 Å². The summed E-state index contributed by atoms with van der Waals surface area (Å²) in [6.07, 6.45) is -0.0402. The van der Waals surface area contributed by atoms with Gasteiger partial charge in [0.1, 0.15) is 11.5 Å². The number of hydrogen-bond donors (Lipinski definition) is 1. The molecule has 1 aromatic carbocycles. The molecule has 0 radical (unpaired) electrons.